The molecule has 3 aliphatic heterocycles. The van der Waals surface area contributed by atoms with E-state index in [-0.39, 0.29) is 29.6 Å². The fraction of sp³-hybridized carbons (Fsp3) is 0.531. The number of rotatable bonds is 10. The molecule has 0 bridgehead atoms. The van der Waals surface area contributed by atoms with Crippen molar-refractivity contribution in [2.45, 2.75) is 69.9 Å². The maximum Gasteiger partial charge on any atom is 0.387 e. The van der Waals surface area contributed by atoms with Gasteiger partial charge in [0.1, 0.15) is 0 Å². The molecular weight excluding hydrogens is 646 g/mol. The Kier molecular flexibility index (Phi) is 10.0. The summed E-state index contributed by atoms with van der Waals surface area (Å²) < 4.78 is 58.6. The summed E-state index contributed by atoms with van der Waals surface area (Å²) in [5, 5.41) is 12.5. The number of alkyl halides is 2. The van der Waals surface area contributed by atoms with Crippen molar-refractivity contribution >= 4 is 38.7 Å². The lowest BCUT2D eigenvalue weighted by atomic mass is 9.87. The average Bonchev–Trinajstić information content (AvgIpc) is 3.37. The predicted octanol–water partition coefficient (Wildman–Crippen LogP) is 3.47. The van der Waals surface area contributed by atoms with Crippen molar-refractivity contribution in [2.75, 3.05) is 38.0 Å². The van der Waals surface area contributed by atoms with Gasteiger partial charge in [0.05, 0.1) is 29.5 Å². The van der Waals surface area contributed by atoms with E-state index in [0.717, 1.165) is 42.4 Å². The zero-order chi connectivity index (χ0) is 34.0. The highest BCUT2D eigenvalue weighted by molar-refractivity contribution is 7.92. The lowest BCUT2D eigenvalue weighted by Crippen LogP contribution is -2.42. The summed E-state index contributed by atoms with van der Waals surface area (Å²) in [6.07, 6.45) is 6.09. The molecule has 1 atom stereocenters. The topological polar surface area (TPSA) is 152 Å². The van der Waals surface area contributed by atoms with Crippen molar-refractivity contribution in [3.05, 3.63) is 52.8 Å². The second-order valence-corrected chi connectivity index (χ2v) is 14.6. The van der Waals surface area contributed by atoms with Crippen molar-refractivity contribution < 1.29 is 31.5 Å². The predicted molar refractivity (Wildman–Crippen MR) is 174 cm³/mol. The third-order valence-corrected chi connectivity index (χ3v) is 11.1. The minimum absolute atomic E-state index is 0.0457. The number of imide groups is 1. The Balaban J connectivity index is 0.988. The van der Waals surface area contributed by atoms with E-state index in [2.05, 4.69) is 47.5 Å². The van der Waals surface area contributed by atoms with Crippen LogP contribution in [-0.2, 0) is 26.7 Å². The van der Waals surface area contributed by atoms with Crippen molar-refractivity contribution in [3.63, 3.8) is 0 Å². The third-order valence-electron chi connectivity index (χ3n) is 9.36. The van der Waals surface area contributed by atoms with Gasteiger partial charge in [-0.15, -0.1) is 0 Å². The molecule has 258 valence electrons. The number of ether oxygens (including phenoxy) is 1. The fourth-order valence-electron chi connectivity index (χ4n) is 6.90. The lowest BCUT2D eigenvalue weighted by Gasteiger charge is -2.33. The van der Waals surface area contributed by atoms with E-state index in [0.29, 0.717) is 56.9 Å². The number of benzene rings is 1. The van der Waals surface area contributed by atoms with Gasteiger partial charge in [0, 0.05) is 49.9 Å². The van der Waals surface area contributed by atoms with Gasteiger partial charge in [-0.05, 0) is 75.2 Å². The number of amides is 2. The van der Waals surface area contributed by atoms with Crippen LogP contribution in [0, 0.1) is 0 Å². The summed E-state index contributed by atoms with van der Waals surface area (Å²) in [4.78, 5) is 34.4. The van der Waals surface area contributed by atoms with Gasteiger partial charge < -0.3 is 10.1 Å². The van der Waals surface area contributed by atoms with E-state index in [1.807, 2.05) is 24.7 Å². The molecular formula is C32H40F2N8O5S. The fourth-order valence-corrected chi connectivity index (χ4v) is 8.35. The number of hydrogen-bond donors (Lipinski definition) is 2. The summed E-state index contributed by atoms with van der Waals surface area (Å²) in [7, 11) is -1.72. The van der Waals surface area contributed by atoms with Crippen molar-refractivity contribution in [1.29, 1.82) is 0 Å². The van der Waals surface area contributed by atoms with Crippen LogP contribution < -0.4 is 15.4 Å². The molecule has 3 saturated heterocycles. The molecule has 0 spiro atoms. The number of piperidine rings is 3. The molecule has 3 aliphatic rings. The number of fused-ring (bicyclic) bond motifs is 1. The maximum atomic E-state index is 13.2. The number of carbonyl (C=O) groups is 2. The quantitative estimate of drug-likeness (QED) is 0.304. The molecule has 13 nitrogen and oxygen atoms in total. The molecule has 48 heavy (non-hydrogen) atoms. The Morgan fingerprint density at radius 3 is 2.46 bits per heavy atom. The minimum Gasteiger partial charge on any atom is -0.432 e. The van der Waals surface area contributed by atoms with Crippen LogP contribution in [-0.4, -0.2) is 94.6 Å². The number of likely N-dealkylation sites (tertiary alicyclic amines) is 1. The molecule has 3 fully saturated rings. The number of aryl methyl sites for hydroxylation is 1. The van der Waals surface area contributed by atoms with Crippen LogP contribution in [0.15, 0.2) is 41.6 Å². The summed E-state index contributed by atoms with van der Waals surface area (Å²) in [6.45, 7) is 1.85. The van der Waals surface area contributed by atoms with Crippen LogP contribution in [0.25, 0.3) is 10.9 Å². The number of anilines is 1. The lowest BCUT2D eigenvalue weighted by molar-refractivity contribution is -0.134. The first-order chi connectivity index (χ1) is 22.9. The zero-order valence-corrected chi connectivity index (χ0v) is 27.8. The first-order valence-electron chi connectivity index (χ1n) is 16.2. The largest absolute Gasteiger partial charge is 0.432 e. The smallest absolute Gasteiger partial charge is 0.387 e. The van der Waals surface area contributed by atoms with E-state index in [1.165, 1.54) is 27.7 Å². The zero-order valence-electron chi connectivity index (χ0n) is 26.9. The Morgan fingerprint density at radius 2 is 1.79 bits per heavy atom. The van der Waals surface area contributed by atoms with Gasteiger partial charge >= 0.3 is 6.61 Å². The Morgan fingerprint density at radius 1 is 1.08 bits per heavy atom. The number of hydrogen-bond acceptors (Lipinski definition) is 10. The van der Waals surface area contributed by atoms with Gasteiger partial charge in [-0.1, -0.05) is 12.1 Å². The van der Waals surface area contributed by atoms with E-state index in [9.17, 15) is 26.8 Å². The van der Waals surface area contributed by atoms with E-state index >= 15 is 0 Å². The third kappa shape index (κ3) is 7.81. The van der Waals surface area contributed by atoms with Gasteiger partial charge in [-0.2, -0.15) is 18.2 Å². The van der Waals surface area contributed by atoms with Crippen LogP contribution in [0.3, 0.4) is 0 Å². The van der Waals surface area contributed by atoms with Crippen molar-refractivity contribution in [1.82, 2.24) is 34.3 Å². The summed E-state index contributed by atoms with van der Waals surface area (Å²) in [5.41, 5.74) is 3.67. The van der Waals surface area contributed by atoms with Gasteiger partial charge in [0.2, 0.25) is 27.8 Å². The minimum atomic E-state index is -3.59. The molecule has 6 rings (SSSR count). The Labute approximate surface area is 277 Å². The molecule has 0 radical (unpaired) electrons. The highest BCUT2D eigenvalue weighted by atomic mass is 32.2. The number of aromatic nitrogens is 4. The van der Waals surface area contributed by atoms with Gasteiger partial charge in [0.15, 0.2) is 5.75 Å². The van der Waals surface area contributed by atoms with Crippen LogP contribution in [0.2, 0.25) is 0 Å². The molecule has 2 aromatic heterocycles. The number of nitrogens with zero attached hydrogens (tertiary/aromatic N) is 6. The monoisotopic (exact) mass is 686 g/mol. The first-order valence-corrected chi connectivity index (χ1v) is 17.7. The maximum absolute atomic E-state index is 13.2. The molecule has 3 aromatic rings. The SMILES string of the molecule is C/C(=C\S(=O)(=O)N1CCC(Nc2ncc(OC(F)F)cn2)CC1)CN1CCC(c2ccc3c(C4CCC(=O)NC4=O)nn(C)c3c2)CC1. The molecule has 1 unspecified atom stereocenters. The first kappa shape index (κ1) is 33.9. The highest BCUT2D eigenvalue weighted by Crippen LogP contribution is 2.34. The van der Waals surface area contributed by atoms with Gasteiger partial charge in [-0.3, -0.25) is 24.5 Å². The summed E-state index contributed by atoms with van der Waals surface area (Å²) in [5.74, 6) is -0.470. The van der Waals surface area contributed by atoms with E-state index < -0.39 is 22.6 Å². The second kappa shape index (κ2) is 14.2. The average molecular weight is 687 g/mol. The number of nitrogens with one attached hydrogen (secondary N) is 2. The van der Waals surface area contributed by atoms with Crippen LogP contribution in [0.1, 0.15) is 68.5 Å². The Hall–Kier alpha value is -4.02. The molecule has 0 saturated carbocycles. The Bertz CT molecular complexity index is 1780. The molecule has 1 aromatic carbocycles. The number of halogens is 2. The van der Waals surface area contributed by atoms with Gasteiger partial charge in [-0.25, -0.2) is 18.4 Å². The summed E-state index contributed by atoms with van der Waals surface area (Å²) in [6, 6.07) is 6.27. The van der Waals surface area contributed by atoms with Crippen molar-refractivity contribution in [2.24, 2.45) is 7.05 Å². The molecule has 0 aliphatic carbocycles. The van der Waals surface area contributed by atoms with Crippen LogP contribution in [0.5, 0.6) is 5.75 Å². The van der Waals surface area contributed by atoms with Crippen LogP contribution in [0.4, 0.5) is 14.7 Å². The summed E-state index contributed by atoms with van der Waals surface area (Å²) >= 11 is 0. The molecule has 2 amide bonds. The number of carbonyl (C=O) groups excluding carboxylic acids is 2. The van der Waals surface area contributed by atoms with E-state index in [4.69, 9.17) is 0 Å². The number of sulfonamides is 1. The normalized spacial score (nSPS) is 21.2. The molecule has 2 N–H and O–H groups in total. The standard InChI is InChI=1S/C32H40F2N8O5S/c1-20(19-48(45,46)42-13-9-23(10-14-42)37-32-35-16-24(17-36-32)47-31(33)34)18-41-11-7-21(8-12-41)22-3-4-25-27(15-22)40(2)39-29(25)26-5-6-28(43)38-30(26)44/h3-4,15-17,19,21,23,26,31H,5-14,18H2,1-2H3,(H,35,36,37)(H,38,43,44)/b20-19+. The van der Waals surface area contributed by atoms with Crippen LogP contribution >= 0.6 is 0 Å². The molecule has 16 heteroatoms. The molecule has 5 heterocycles. The van der Waals surface area contributed by atoms with E-state index in [1.54, 1.807) is 0 Å². The van der Waals surface area contributed by atoms with Crippen molar-refractivity contribution in [3.8, 4) is 5.75 Å². The highest BCUT2D eigenvalue weighted by Gasteiger charge is 2.32. The van der Waals surface area contributed by atoms with Gasteiger partial charge in [0.25, 0.3) is 0 Å². The second-order valence-electron chi connectivity index (χ2n) is 12.8.